The van der Waals surface area contributed by atoms with Gasteiger partial charge in [-0.15, -0.1) is 0 Å². The highest BCUT2D eigenvalue weighted by Crippen LogP contribution is 2.27. The standard InChI is InChI=1S/C21H21ClN2O3/c1-13(2)26-19-10-9-16(11-18(19)22)21(25)23-12-17-14(3)27-24-20(17)15-7-5-4-6-8-15/h4-11,13H,12H2,1-3H3,(H,23,25). The highest BCUT2D eigenvalue weighted by Gasteiger charge is 2.16. The summed E-state index contributed by atoms with van der Waals surface area (Å²) in [6.07, 6.45) is 0.00940. The Kier molecular flexibility index (Phi) is 5.81. The maximum atomic E-state index is 12.5. The van der Waals surface area contributed by atoms with Crippen LogP contribution in [-0.2, 0) is 6.54 Å². The second-order valence-electron chi connectivity index (χ2n) is 6.43. The van der Waals surface area contributed by atoms with E-state index in [0.717, 1.165) is 16.8 Å². The van der Waals surface area contributed by atoms with Gasteiger partial charge in [-0.05, 0) is 39.0 Å². The van der Waals surface area contributed by atoms with E-state index in [-0.39, 0.29) is 12.0 Å². The fraction of sp³-hybridized carbons (Fsp3) is 0.238. The molecule has 0 radical (unpaired) electrons. The molecular formula is C21H21ClN2O3. The van der Waals surface area contributed by atoms with E-state index in [1.54, 1.807) is 18.2 Å². The lowest BCUT2D eigenvalue weighted by Gasteiger charge is -2.12. The number of ether oxygens (including phenoxy) is 1. The SMILES string of the molecule is Cc1onc(-c2ccccc2)c1CNC(=O)c1ccc(OC(C)C)c(Cl)c1. The quantitative estimate of drug-likeness (QED) is 0.648. The van der Waals surface area contributed by atoms with Crippen molar-refractivity contribution in [1.82, 2.24) is 10.5 Å². The minimum Gasteiger partial charge on any atom is -0.489 e. The number of aromatic nitrogens is 1. The summed E-state index contributed by atoms with van der Waals surface area (Å²) in [4.78, 5) is 12.5. The number of aryl methyl sites for hydroxylation is 1. The summed E-state index contributed by atoms with van der Waals surface area (Å²) in [7, 11) is 0. The molecule has 0 spiro atoms. The second kappa shape index (κ2) is 8.27. The summed E-state index contributed by atoms with van der Waals surface area (Å²) in [6.45, 7) is 5.97. The predicted octanol–water partition coefficient (Wildman–Crippen LogP) is 5.02. The molecule has 0 bridgehead atoms. The molecule has 0 aliphatic rings. The third-order valence-electron chi connectivity index (χ3n) is 4.01. The van der Waals surface area contributed by atoms with Gasteiger partial charge in [0.1, 0.15) is 17.2 Å². The number of hydrogen-bond donors (Lipinski definition) is 1. The summed E-state index contributed by atoms with van der Waals surface area (Å²) in [6, 6.07) is 14.7. The van der Waals surface area contributed by atoms with E-state index in [2.05, 4.69) is 10.5 Å². The first-order valence-corrected chi connectivity index (χ1v) is 9.08. The summed E-state index contributed by atoms with van der Waals surface area (Å²) >= 11 is 6.22. The van der Waals surface area contributed by atoms with Crippen molar-refractivity contribution in [1.29, 1.82) is 0 Å². The number of nitrogens with one attached hydrogen (secondary N) is 1. The Hall–Kier alpha value is -2.79. The first-order valence-electron chi connectivity index (χ1n) is 8.70. The van der Waals surface area contributed by atoms with Crippen LogP contribution in [0.3, 0.4) is 0 Å². The van der Waals surface area contributed by atoms with Crippen LogP contribution in [0.5, 0.6) is 5.75 Å². The normalized spacial score (nSPS) is 10.9. The molecule has 1 aromatic heterocycles. The maximum absolute atomic E-state index is 12.5. The minimum absolute atomic E-state index is 0.00940. The monoisotopic (exact) mass is 384 g/mol. The number of benzene rings is 2. The molecule has 1 heterocycles. The van der Waals surface area contributed by atoms with Crippen LogP contribution >= 0.6 is 11.6 Å². The van der Waals surface area contributed by atoms with Crippen molar-refractivity contribution >= 4 is 17.5 Å². The molecule has 3 aromatic rings. The van der Waals surface area contributed by atoms with E-state index in [9.17, 15) is 4.79 Å². The Labute approximate surface area is 163 Å². The van der Waals surface area contributed by atoms with Crippen molar-refractivity contribution in [2.45, 2.75) is 33.4 Å². The summed E-state index contributed by atoms with van der Waals surface area (Å²) in [5.74, 6) is 1.00. The summed E-state index contributed by atoms with van der Waals surface area (Å²) < 4.78 is 10.9. The molecule has 0 saturated carbocycles. The van der Waals surface area contributed by atoms with Crippen LogP contribution in [0.25, 0.3) is 11.3 Å². The Morgan fingerprint density at radius 2 is 1.96 bits per heavy atom. The van der Waals surface area contributed by atoms with Crippen molar-refractivity contribution in [2.24, 2.45) is 0 Å². The molecule has 0 aliphatic carbocycles. The molecule has 6 heteroatoms. The van der Waals surface area contributed by atoms with Crippen LogP contribution in [0.2, 0.25) is 5.02 Å². The number of halogens is 1. The zero-order chi connectivity index (χ0) is 19.4. The smallest absolute Gasteiger partial charge is 0.251 e. The van der Waals surface area contributed by atoms with Gasteiger partial charge in [0.2, 0.25) is 0 Å². The lowest BCUT2D eigenvalue weighted by molar-refractivity contribution is 0.0951. The molecule has 0 fully saturated rings. The van der Waals surface area contributed by atoms with Crippen LogP contribution in [0.15, 0.2) is 53.1 Å². The topological polar surface area (TPSA) is 64.4 Å². The Morgan fingerprint density at radius 1 is 1.22 bits per heavy atom. The highest BCUT2D eigenvalue weighted by atomic mass is 35.5. The van der Waals surface area contributed by atoms with Gasteiger partial charge in [-0.3, -0.25) is 4.79 Å². The fourth-order valence-corrected chi connectivity index (χ4v) is 2.91. The van der Waals surface area contributed by atoms with E-state index < -0.39 is 0 Å². The van der Waals surface area contributed by atoms with Gasteiger partial charge in [0.05, 0.1) is 11.1 Å². The van der Waals surface area contributed by atoms with Crippen molar-refractivity contribution < 1.29 is 14.1 Å². The fourth-order valence-electron chi connectivity index (χ4n) is 2.68. The van der Waals surface area contributed by atoms with Crippen LogP contribution in [0.4, 0.5) is 0 Å². The van der Waals surface area contributed by atoms with E-state index in [1.165, 1.54) is 0 Å². The van der Waals surface area contributed by atoms with Gasteiger partial charge in [0, 0.05) is 23.2 Å². The lowest BCUT2D eigenvalue weighted by Crippen LogP contribution is -2.23. The Bertz CT molecular complexity index is 936. The van der Waals surface area contributed by atoms with E-state index in [4.69, 9.17) is 20.9 Å². The maximum Gasteiger partial charge on any atom is 0.251 e. The molecule has 0 saturated heterocycles. The molecule has 1 amide bonds. The molecule has 27 heavy (non-hydrogen) atoms. The van der Waals surface area contributed by atoms with Gasteiger partial charge in [0.25, 0.3) is 5.91 Å². The number of nitrogens with zero attached hydrogens (tertiary/aromatic N) is 1. The number of amides is 1. The zero-order valence-electron chi connectivity index (χ0n) is 15.5. The van der Waals surface area contributed by atoms with E-state index in [0.29, 0.717) is 28.6 Å². The average molecular weight is 385 g/mol. The van der Waals surface area contributed by atoms with Crippen LogP contribution in [0, 0.1) is 6.92 Å². The molecule has 0 unspecified atom stereocenters. The number of carbonyl (C=O) groups is 1. The predicted molar refractivity (Wildman–Crippen MR) is 105 cm³/mol. The molecule has 1 N–H and O–H groups in total. The third kappa shape index (κ3) is 4.49. The zero-order valence-corrected chi connectivity index (χ0v) is 16.2. The van der Waals surface area contributed by atoms with Crippen LogP contribution in [0.1, 0.15) is 35.5 Å². The van der Waals surface area contributed by atoms with Crippen LogP contribution in [-0.4, -0.2) is 17.2 Å². The van der Waals surface area contributed by atoms with E-state index >= 15 is 0 Å². The van der Waals surface area contributed by atoms with Gasteiger partial charge in [-0.25, -0.2) is 0 Å². The number of rotatable bonds is 6. The Morgan fingerprint density at radius 3 is 2.63 bits per heavy atom. The van der Waals surface area contributed by atoms with Gasteiger partial charge >= 0.3 is 0 Å². The largest absolute Gasteiger partial charge is 0.489 e. The Balaban J connectivity index is 1.73. The van der Waals surface area contributed by atoms with Crippen molar-refractivity contribution in [3.05, 3.63) is 70.4 Å². The number of hydrogen-bond acceptors (Lipinski definition) is 4. The highest BCUT2D eigenvalue weighted by molar-refractivity contribution is 6.32. The second-order valence-corrected chi connectivity index (χ2v) is 6.83. The minimum atomic E-state index is -0.229. The van der Waals surface area contributed by atoms with Crippen molar-refractivity contribution in [3.8, 4) is 17.0 Å². The molecule has 3 rings (SSSR count). The van der Waals surface area contributed by atoms with Gasteiger partial charge in [0.15, 0.2) is 0 Å². The van der Waals surface area contributed by atoms with Crippen LogP contribution < -0.4 is 10.1 Å². The summed E-state index contributed by atoms with van der Waals surface area (Å²) in [5, 5.41) is 7.43. The van der Waals surface area contributed by atoms with E-state index in [1.807, 2.05) is 51.1 Å². The van der Waals surface area contributed by atoms with Gasteiger partial charge in [-0.1, -0.05) is 47.1 Å². The number of carbonyl (C=O) groups excluding carboxylic acids is 1. The molecule has 140 valence electrons. The first kappa shape index (κ1) is 19.0. The molecule has 5 nitrogen and oxygen atoms in total. The van der Waals surface area contributed by atoms with Crippen molar-refractivity contribution in [2.75, 3.05) is 0 Å². The first-order chi connectivity index (χ1) is 13.0. The molecule has 2 aromatic carbocycles. The summed E-state index contributed by atoms with van der Waals surface area (Å²) in [5.41, 5.74) is 2.98. The van der Waals surface area contributed by atoms with Gasteiger partial charge in [-0.2, -0.15) is 0 Å². The average Bonchev–Trinajstić information content (AvgIpc) is 3.02. The van der Waals surface area contributed by atoms with Gasteiger partial charge < -0.3 is 14.6 Å². The third-order valence-corrected chi connectivity index (χ3v) is 4.31. The lowest BCUT2D eigenvalue weighted by atomic mass is 10.1. The molecule has 0 atom stereocenters. The molecule has 0 aliphatic heterocycles. The van der Waals surface area contributed by atoms with Crippen molar-refractivity contribution in [3.63, 3.8) is 0 Å². The molecular weight excluding hydrogens is 364 g/mol.